The van der Waals surface area contributed by atoms with E-state index in [1.165, 1.54) is 11.3 Å². The second-order valence-corrected chi connectivity index (χ2v) is 10.9. The predicted octanol–water partition coefficient (Wildman–Crippen LogP) is 2.73. The molecular weight excluding hydrogens is 420 g/mol. The molecule has 0 fully saturated rings. The Morgan fingerprint density at radius 3 is 2.86 bits per heavy atom. The van der Waals surface area contributed by atoms with E-state index < -0.39 is 16.4 Å². The number of sulfone groups is 1. The third-order valence-electron chi connectivity index (χ3n) is 5.06. The Labute approximate surface area is 171 Å². The molecule has 2 heterocycles. The van der Waals surface area contributed by atoms with Crippen molar-refractivity contribution in [3.63, 3.8) is 0 Å². The molecule has 3 aromatic rings. The first-order valence-electron chi connectivity index (χ1n) is 8.84. The molecule has 1 aliphatic rings. The number of hydrogen-bond donors (Lipinski definition) is 3. The van der Waals surface area contributed by atoms with E-state index in [0.29, 0.717) is 16.5 Å². The highest BCUT2D eigenvalue weighted by atomic mass is 35.5. The molecule has 0 bridgehead atoms. The van der Waals surface area contributed by atoms with Crippen LogP contribution in [0.3, 0.4) is 0 Å². The van der Waals surface area contributed by atoms with Crippen molar-refractivity contribution in [2.75, 3.05) is 18.1 Å². The topological polar surface area (TPSA) is 99.3 Å². The van der Waals surface area contributed by atoms with Crippen LogP contribution in [0.4, 0.5) is 0 Å². The number of H-pyrrole nitrogens is 1. The number of hydrogen-bond acceptors (Lipinski definition) is 5. The van der Waals surface area contributed by atoms with Crippen LogP contribution in [0.1, 0.15) is 27.5 Å². The number of nitrogens with one attached hydrogen (secondary N) is 2. The molecule has 4 rings (SSSR count). The molecule has 0 aliphatic heterocycles. The van der Waals surface area contributed by atoms with E-state index in [-0.39, 0.29) is 29.4 Å². The average molecular weight is 439 g/mol. The van der Waals surface area contributed by atoms with Gasteiger partial charge in [-0.2, -0.15) is 0 Å². The van der Waals surface area contributed by atoms with Gasteiger partial charge in [-0.15, -0.1) is 11.3 Å². The van der Waals surface area contributed by atoms with Gasteiger partial charge in [0.15, 0.2) is 9.84 Å². The highest BCUT2D eigenvalue weighted by Gasteiger charge is 2.36. The SMILES string of the molecule is O=C(N[C@@H]1Cc2ccccc2[C@H]1CS(=O)(=O)CCO)c1cc2cc(Cl)sc2[nH]1. The molecule has 1 aliphatic carbocycles. The first-order valence-corrected chi connectivity index (χ1v) is 11.9. The summed E-state index contributed by atoms with van der Waals surface area (Å²) in [4.78, 5) is 16.7. The van der Waals surface area contributed by atoms with Gasteiger partial charge >= 0.3 is 0 Å². The Bertz CT molecular complexity index is 1100. The number of rotatable bonds is 6. The van der Waals surface area contributed by atoms with Crippen LogP contribution in [-0.4, -0.2) is 48.6 Å². The third kappa shape index (κ3) is 3.82. The molecule has 1 amide bonds. The lowest BCUT2D eigenvalue weighted by molar-refractivity contribution is 0.0930. The molecule has 148 valence electrons. The molecule has 28 heavy (non-hydrogen) atoms. The fourth-order valence-corrected chi connectivity index (χ4v) is 6.32. The smallest absolute Gasteiger partial charge is 0.268 e. The number of aromatic nitrogens is 1. The molecule has 3 N–H and O–H groups in total. The van der Waals surface area contributed by atoms with Crippen LogP contribution < -0.4 is 5.32 Å². The Hall–Kier alpha value is -1.87. The highest BCUT2D eigenvalue weighted by Crippen LogP contribution is 2.35. The van der Waals surface area contributed by atoms with Crippen LogP contribution in [0.25, 0.3) is 10.2 Å². The lowest BCUT2D eigenvalue weighted by Gasteiger charge is -2.21. The molecule has 0 unspecified atom stereocenters. The van der Waals surface area contributed by atoms with Crippen LogP contribution in [0.5, 0.6) is 0 Å². The van der Waals surface area contributed by atoms with Gasteiger partial charge in [-0.05, 0) is 29.7 Å². The number of thiophene rings is 1. The van der Waals surface area contributed by atoms with E-state index in [1.54, 1.807) is 12.1 Å². The second kappa shape index (κ2) is 7.51. The molecule has 2 aromatic heterocycles. The normalized spacial score (nSPS) is 19.1. The van der Waals surface area contributed by atoms with Gasteiger partial charge in [0.25, 0.3) is 5.91 Å². The summed E-state index contributed by atoms with van der Waals surface area (Å²) in [6.07, 6.45) is 0.572. The van der Waals surface area contributed by atoms with Gasteiger partial charge < -0.3 is 15.4 Å². The maximum Gasteiger partial charge on any atom is 0.268 e. The summed E-state index contributed by atoms with van der Waals surface area (Å²) in [6, 6.07) is 10.9. The molecule has 1 aromatic carbocycles. The highest BCUT2D eigenvalue weighted by molar-refractivity contribution is 7.91. The zero-order valence-electron chi connectivity index (χ0n) is 14.8. The second-order valence-electron chi connectivity index (χ2n) is 6.95. The van der Waals surface area contributed by atoms with Crippen molar-refractivity contribution in [3.05, 3.63) is 57.6 Å². The molecule has 0 saturated carbocycles. The van der Waals surface area contributed by atoms with Gasteiger partial charge in [0.05, 0.1) is 22.4 Å². The van der Waals surface area contributed by atoms with Gasteiger partial charge in [0.1, 0.15) is 10.5 Å². The molecular formula is C19H19ClN2O4S2. The first-order chi connectivity index (χ1) is 13.4. The summed E-state index contributed by atoms with van der Waals surface area (Å²) in [5.41, 5.74) is 2.40. The minimum absolute atomic E-state index is 0.106. The summed E-state index contributed by atoms with van der Waals surface area (Å²) >= 11 is 7.34. The summed E-state index contributed by atoms with van der Waals surface area (Å²) < 4.78 is 25.3. The number of amides is 1. The molecule has 0 spiro atoms. The van der Waals surface area contributed by atoms with Gasteiger partial charge in [0.2, 0.25) is 0 Å². The minimum atomic E-state index is -3.43. The van der Waals surface area contributed by atoms with E-state index >= 15 is 0 Å². The van der Waals surface area contributed by atoms with Crippen molar-refractivity contribution in [1.29, 1.82) is 0 Å². The molecule has 0 radical (unpaired) electrons. The first kappa shape index (κ1) is 19.4. The van der Waals surface area contributed by atoms with E-state index in [4.69, 9.17) is 16.7 Å². The number of aliphatic hydroxyl groups excluding tert-OH is 1. The van der Waals surface area contributed by atoms with Crippen molar-refractivity contribution in [2.45, 2.75) is 18.4 Å². The quantitative estimate of drug-likeness (QED) is 0.551. The van der Waals surface area contributed by atoms with E-state index in [2.05, 4.69) is 10.3 Å². The third-order valence-corrected chi connectivity index (χ3v) is 7.92. The lowest BCUT2D eigenvalue weighted by atomic mass is 10.0. The fourth-order valence-electron chi connectivity index (χ4n) is 3.79. The van der Waals surface area contributed by atoms with Crippen LogP contribution >= 0.6 is 22.9 Å². The van der Waals surface area contributed by atoms with Crippen molar-refractivity contribution >= 4 is 48.9 Å². The largest absolute Gasteiger partial charge is 0.395 e. The Kier molecular flexibility index (Phi) is 5.22. The van der Waals surface area contributed by atoms with Crippen molar-refractivity contribution in [3.8, 4) is 0 Å². The number of benzene rings is 1. The molecule has 9 heteroatoms. The van der Waals surface area contributed by atoms with Gasteiger partial charge in [-0.3, -0.25) is 4.79 Å². The fraction of sp³-hybridized carbons (Fsp3) is 0.316. The van der Waals surface area contributed by atoms with Crippen molar-refractivity contribution < 1.29 is 18.3 Å². The Morgan fingerprint density at radius 1 is 1.32 bits per heavy atom. The molecule has 2 atom stereocenters. The van der Waals surface area contributed by atoms with E-state index in [9.17, 15) is 13.2 Å². The summed E-state index contributed by atoms with van der Waals surface area (Å²) in [5, 5.41) is 12.9. The standard InChI is InChI=1S/C19H19ClN2O4S2/c20-17-9-12-8-16(22-19(12)27-17)18(24)21-15-7-11-3-1-2-4-13(11)14(15)10-28(25,26)6-5-23/h1-4,8-9,14-15,22-23H,5-7,10H2,(H,21,24)/t14-,15-/m1/s1. The van der Waals surface area contributed by atoms with Crippen LogP contribution in [0.15, 0.2) is 36.4 Å². The lowest BCUT2D eigenvalue weighted by Crippen LogP contribution is -2.40. The van der Waals surface area contributed by atoms with Gasteiger partial charge in [-0.25, -0.2) is 8.42 Å². The molecule has 0 saturated heterocycles. The number of aliphatic hydroxyl groups is 1. The van der Waals surface area contributed by atoms with Gasteiger partial charge in [0, 0.05) is 17.3 Å². The van der Waals surface area contributed by atoms with Crippen LogP contribution in [0, 0.1) is 0 Å². The zero-order chi connectivity index (χ0) is 19.9. The van der Waals surface area contributed by atoms with Crippen LogP contribution in [-0.2, 0) is 16.3 Å². The minimum Gasteiger partial charge on any atom is -0.395 e. The average Bonchev–Trinajstić information content (AvgIpc) is 3.26. The Morgan fingerprint density at radius 2 is 2.11 bits per heavy atom. The van der Waals surface area contributed by atoms with Crippen molar-refractivity contribution in [2.24, 2.45) is 0 Å². The van der Waals surface area contributed by atoms with E-state index in [0.717, 1.165) is 21.3 Å². The zero-order valence-corrected chi connectivity index (χ0v) is 17.2. The summed E-state index contributed by atoms with van der Waals surface area (Å²) in [7, 11) is -3.43. The predicted molar refractivity (Wildman–Crippen MR) is 111 cm³/mol. The maximum absolute atomic E-state index is 12.8. The number of halogens is 1. The van der Waals surface area contributed by atoms with E-state index in [1.807, 2.05) is 24.3 Å². The Balaban J connectivity index is 1.58. The number of aromatic amines is 1. The van der Waals surface area contributed by atoms with Crippen molar-refractivity contribution in [1.82, 2.24) is 10.3 Å². The van der Waals surface area contributed by atoms with Gasteiger partial charge in [-0.1, -0.05) is 35.9 Å². The molecule has 6 nitrogen and oxygen atoms in total. The monoisotopic (exact) mass is 438 g/mol. The summed E-state index contributed by atoms with van der Waals surface area (Å²) in [6.45, 7) is -0.407. The number of carbonyl (C=O) groups excluding carboxylic acids is 1. The maximum atomic E-state index is 12.8. The number of carbonyl (C=O) groups is 1. The summed E-state index contributed by atoms with van der Waals surface area (Å²) in [5.74, 6) is -1.01. The number of fused-ring (bicyclic) bond motifs is 2. The van der Waals surface area contributed by atoms with Crippen LogP contribution in [0.2, 0.25) is 4.34 Å².